The molecule has 1 aliphatic rings. The molecule has 1 aliphatic carbocycles. The predicted molar refractivity (Wildman–Crippen MR) is 71.8 cm³/mol. The lowest BCUT2D eigenvalue weighted by molar-refractivity contribution is -0.120. The Bertz CT molecular complexity index is 433. The smallest absolute Gasteiger partial charge is 0.165 e. The van der Waals surface area contributed by atoms with Gasteiger partial charge in [-0.15, -0.1) is 0 Å². The van der Waals surface area contributed by atoms with Crippen LogP contribution in [-0.2, 0) is 4.79 Å². The maximum Gasteiger partial charge on any atom is 0.165 e. The number of rotatable bonds is 3. The van der Waals surface area contributed by atoms with Crippen LogP contribution in [0.4, 0.5) is 0 Å². The summed E-state index contributed by atoms with van der Waals surface area (Å²) >= 11 is 0. The topological polar surface area (TPSA) is 34.1 Å². The molecular weight excluding hydrogens is 224 g/mol. The van der Waals surface area contributed by atoms with Gasteiger partial charge in [0.05, 0.1) is 0 Å². The molecule has 0 N–H and O–H groups in total. The Morgan fingerprint density at radius 3 is 2.17 bits per heavy atom. The minimum atomic E-state index is 0.0487. The SMILES string of the molecule is CC(C)c1ccc(C(=O)C2CCC(=O)CC2)cc1. The van der Waals surface area contributed by atoms with E-state index in [0.29, 0.717) is 24.5 Å². The second-order valence-electron chi connectivity index (χ2n) is 5.45. The van der Waals surface area contributed by atoms with Gasteiger partial charge >= 0.3 is 0 Å². The molecule has 0 heterocycles. The Morgan fingerprint density at radius 2 is 1.67 bits per heavy atom. The lowest BCUT2D eigenvalue weighted by atomic mass is 9.83. The number of hydrogen-bond donors (Lipinski definition) is 0. The van der Waals surface area contributed by atoms with Gasteiger partial charge in [-0.1, -0.05) is 38.1 Å². The summed E-state index contributed by atoms with van der Waals surface area (Å²) in [5.41, 5.74) is 2.05. The lowest BCUT2D eigenvalue weighted by Crippen LogP contribution is -2.21. The maximum atomic E-state index is 12.3. The number of carbonyl (C=O) groups excluding carboxylic acids is 2. The Labute approximate surface area is 108 Å². The summed E-state index contributed by atoms with van der Waals surface area (Å²) < 4.78 is 0. The fourth-order valence-electron chi connectivity index (χ4n) is 2.47. The zero-order chi connectivity index (χ0) is 13.1. The van der Waals surface area contributed by atoms with E-state index in [9.17, 15) is 9.59 Å². The first-order chi connectivity index (χ1) is 8.58. The normalized spacial score (nSPS) is 17.2. The second kappa shape index (κ2) is 5.47. The van der Waals surface area contributed by atoms with E-state index < -0.39 is 0 Å². The van der Waals surface area contributed by atoms with E-state index >= 15 is 0 Å². The van der Waals surface area contributed by atoms with Crippen molar-refractivity contribution in [3.05, 3.63) is 35.4 Å². The Balaban J connectivity index is 2.07. The van der Waals surface area contributed by atoms with Gasteiger partial charge in [0.1, 0.15) is 5.78 Å². The highest BCUT2D eigenvalue weighted by atomic mass is 16.1. The van der Waals surface area contributed by atoms with Crippen LogP contribution in [0.2, 0.25) is 0 Å². The van der Waals surface area contributed by atoms with Crippen molar-refractivity contribution < 1.29 is 9.59 Å². The Morgan fingerprint density at radius 1 is 1.11 bits per heavy atom. The zero-order valence-electron chi connectivity index (χ0n) is 11.1. The quantitative estimate of drug-likeness (QED) is 0.759. The van der Waals surface area contributed by atoms with Crippen molar-refractivity contribution in [3.63, 3.8) is 0 Å². The average Bonchev–Trinajstić information content (AvgIpc) is 2.39. The fraction of sp³-hybridized carbons (Fsp3) is 0.500. The number of hydrogen-bond acceptors (Lipinski definition) is 2. The summed E-state index contributed by atoms with van der Waals surface area (Å²) in [6, 6.07) is 7.92. The van der Waals surface area contributed by atoms with Gasteiger partial charge < -0.3 is 0 Å². The van der Waals surface area contributed by atoms with Crippen molar-refractivity contribution in [2.24, 2.45) is 5.92 Å². The standard InChI is InChI=1S/C16H20O2/c1-11(2)12-3-5-13(6-4-12)16(18)14-7-9-15(17)10-8-14/h3-6,11,14H,7-10H2,1-2H3. The molecule has 2 rings (SSSR count). The molecular formula is C16H20O2. The number of Topliss-reactive ketones (excluding diaryl/α,β-unsaturated/α-hetero) is 2. The molecule has 1 saturated carbocycles. The Kier molecular flexibility index (Phi) is 3.95. The first kappa shape index (κ1) is 13.0. The minimum absolute atomic E-state index is 0.0487. The van der Waals surface area contributed by atoms with Gasteiger partial charge in [0.15, 0.2) is 5.78 Å². The molecule has 18 heavy (non-hydrogen) atoms. The molecule has 2 nitrogen and oxygen atoms in total. The van der Waals surface area contributed by atoms with Crippen LogP contribution in [0.1, 0.15) is 61.4 Å². The summed E-state index contributed by atoms with van der Waals surface area (Å²) in [5.74, 6) is 1.04. The van der Waals surface area contributed by atoms with Gasteiger partial charge in [-0.05, 0) is 24.3 Å². The highest BCUT2D eigenvalue weighted by molar-refractivity contribution is 5.98. The first-order valence-corrected chi connectivity index (χ1v) is 6.74. The van der Waals surface area contributed by atoms with Crippen molar-refractivity contribution in [2.45, 2.75) is 45.4 Å². The van der Waals surface area contributed by atoms with Crippen LogP contribution in [-0.4, -0.2) is 11.6 Å². The van der Waals surface area contributed by atoms with Crippen molar-refractivity contribution in [3.8, 4) is 0 Å². The molecule has 0 atom stereocenters. The van der Waals surface area contributed by atoms with E-state index in [1.54, 1.807) is 0 Å². The molecule has 0 saturated heterocycles. The number of carbonyl (C=O) groups is 2. The predicted octanol–water partition coefficient (Wildman–Crippen LogP) is 3.75. The molecule has 96 valence electrons. The first-order valence-electron chi connectivity index (χ1n) is 6.74. The van der Waals surface area contributed by atoms with Gasteiger partial charge in [0.25, 0.3) is 0 Å². The van der Waals surface area contributed by atoms with E-state index in [1.807, 2.05) is 24.3 Å². The van der Waals surface area contributed by atoms with E-state index in [2.05, 4.69) is 13.8 Å². The summed E-state index contributed by atoms with van der Waals surface area (Å²) in [6.45, 7) is 4.28. The van der Waals surface area contributed by atoms with Gasteiger partial charge in [0, 0.05) is 24.3 Å². The molecule has 1 aromatic rings. The van der Waals surface area contributed by atoms with Crippen molar-refractivity contribution in [1.82, 2.24) is 0 Å². The van der Waals surface area contributed by atoms with E-state index in [0.717, 1.165) is 18.4 Å². The molecule has 0 unspecified atom stereocenters. The fourth-order valence-corrected chi connectivity index (χ4v) is 2.47. The van der Waals surface area contributed by atoms with E-state index in [1.165, 1.54) is 5.56 Å². The molecule has 1 aromatic carbocycles. The largest absolute Gasteiger partial charge is 0.300 e. The van der Waals surface area contributed by atoms with Crippen LogP contribution in [0, 0.1) is 5.92 Å². The molecule has 1 fully saturated rings. The number of benzene rings is 1. The maximum absolute atomic E-state index is 12.3. The molecule has 0 spiro atoms. The minimum Gasteiger partial charge on any atom is -0.300 e. The summed E-state index contributed by atoms with van der Waals surface area (Å²) in [7, 11) is 0. The van der Waals surface area contributed by atoms with Gasteiger partial charge in [-0.2, -0.15) is 0 Å². The summed E-state index contributed by atoms with van der Waals surface area (Å²) in [6.07, 6.45) is 2.59. The zero-order valence-corrected chi connectivity index (χ0v) is 11.1. The van der Waals surface area contributed by atoms with Crippen LogP contribution in [0.5, 0.6) is 0 Å². The van der Waals surface area contributed by atoms with E-state index in [-0.39, 0.29) is 11.7 Å². The van der Waals surface area contributed by atoms with E-state index in [4.69, 9.17) is 0 Å². The summed E-state index contributed by atoms with van der Waals surface area (Å²) in [5, 5.41) is 0. The highest BCUT2D eigenvalue weighted by Crippen LogP contribution is 2.25. The molecule has 2 heteroatoms. The molecule has 0 aliphatic heterocycles. The van der Waals surface area contributed by atoms with Crippen LogP contribution < -0.4 is 0 Å². The van der Waals surface area contributed by atoms with Crippen molar-refractivity contribution >= 4 is 11.6 Å². The van der Waals surface area contributed by atoms with Gasteiger partial charge in [-0.25, -0.2) is 0 Å². The van der Waals surface area contributed by atoms with Crippen molar-refractivity contribution in [1.29, 1.82) is 0 Å². The van der Waals surface area contributed by atoms with Crippen LogP contribution in [0.15, 0.2) is 24.3 Å². The lowest BCUT2D eigenvalue weighted by Gasteiger charge is -2.19. The van der Waals surface area contributed by atoms with Crippen LogP contribution >= 0.6 is 0 Å². The molecule has 0 bridgehead atoms. The monoisotopic (exact) mass is 244 g/mol. The highest BCUT2D eigenvalue weighted by Gasteiger charge is 2.25. The third-order valence-electron chi connectivity index (χ3n) is 3.78. The summed E-state index contributed by atoms with van der Waals surface area (Å²) in [4.78, 5) is 23.5. The molecule has 0 aromatic heterocycles. The van der Waals surface area contributed by atoms with Crippen LogP contribution in [0.3, 0.4) is 0 Å². The third-order valence-corrected chi connectivity index (χ3v) is 3.78. The van der Waals surface area contributed by atoms with Crippen LogP contribution in [0.25, 0.3) is 0 Å². The third kappa shape index (κ3) is 2.87. The molecule has 0 amide bonds. The average molecular weight is 244 g/mol. The van der Waals surface area contributed by atoms with Gasteiger partial charge in [-0.3, -0.25) is 9.59 Å². The second-order valence-corrected chi connectivity index (χ2v) is 5.45. The van der Waals surface area contributed by atoms with Crippen molar-refractivity contribution in [2.75, 3.05) is 0 Å². The van der Waals surface area contributed by atoms with Gasteiger partial charge in [0.2, 0.25) is 0 Å². The number of ketones is 2. The molecule has 0 radical (unpaired) electrons. The Hall–Kier alpha value is -1.44.